The second-order valence-corrected chi connectivity index (χ2v) is 34.1. The molecule has 11 nitrogen and oxygen atoms in total. The molecule has 0 fully saturated rings. The van der Waals surface area contributed by atoms with Crippen molar-refractivity contribution in [2.24, 2.45) is 0 Å². The van der Waals surface area contributed by atoms with E-state index in [9.17, 15) is 24.6 Å². The molecule has 0 saturated heterocycles. The van der Waals surface area contributed by atoms with Crippen LogP contribution in [0.3, 0.4) is 0 Å². The Bertz CT molecular complexity index is 1790. The third kappa shape index (κ3) is 93.0. The van der Waals surface area contributed by atoms with Crippen LogP contribution in [0, 0.1) is 0 Å². The highest BCUT2D eigenvalue weighted by molar-refractivity contribution is 5.81. The van der Waals surface area contributed by atoms with Gasteiger partial charge in [0.1, 0.15) is 0 Å². The molecular weight excluding hydrogens is 1350 g/mol. The summed E-state index contributed by atoms with van der Waals surface area (Å²) in [7, 11) is 2.10. The Balaban J connectivity index is 0. The van der Waals surface area contributed by atoms with Gasteiger partial charge < -0.3 is 34.2 Å². The predicted molar refractivity (Wildman–Crippen MR) is 475 cm³/mol. The van der Waals surface area contributed by atoms with E-state index < -0.39 is 6.10 Å². The van der Waals surface area contributed by atoms with Crippen molar-refractivity contribution in [3.63, 3.8) is 0 Å². The molecule has 109 heavy (non-hydrogen) atoms. The summed E-state index contributed by atoms with van der Waals surface area (Å²) in [6.45, 7) is 21.6. The summed E-state index contributed by atoms with van der Waals surface area (Å²) < 4.78 is 16.6. The zero-order valence-electron chi connectivity index (χ0n) is 74.9. The minimum Gasteiger partial charge on any atom is -0.466 e. The van der Waals surface area contributed by atoms with Crippen molar-refractivity contribution < 1.29 is 38.8 Å². The van der Waals surface area contributed by atoms with E-state index in [1.807, 2.05) is 6.08 Å². The Hall–Kier alpha value is -2.05. The number of carbonyl (C=O) groups excluding carboxylic acids is 3. The first-order chi connectivity index (χ1) is 53.6. The van der Waals surface area contributed by atoms with Crippen molar-refractivity contribution in [2.45, 2.75) is 522 Å². The number of ether oxygens (including phenoxy) is 3. The first-order valence-corrected chi connectivity index (χ1v) is 49.2. The lowest BCUT2D eigenvalue weighted by molar-refractivity contribution is -0.144. The molecule has 11 heteroatoms. The van der Waals surface area contributed by atoms with E-state index in [1.165, 1.54) is 391 Å². The van der Waals surface area contributed by atoms with Gasteiger partial charge in [-0.1, -0.05) is 446 Å². The third-order valence-corrected chi connectivity index (χ3v) is 22.7. The standard InChI is InChI=1S/C56H110N2O5.C42H85NO3/c1-5-8-11-14-17-20-23-26-29-32-35-38-41-50-62-55(60)45-43-48-58(53-54(59)52-57(4)47-40-37-34-31-28-25-22-19-16-13-10-7-3)49-44-46-56(61)63-51-42-39-36-33-30-27-24-21-18-15-12-9-6-2;1-4-7-10-12-14-16-18-20-22-24-26-28-34-39-46-42(45)36-31-29-30-35-41(44)40-43(37-32-9-6-3)38-33-27-25-23-21-19-17-15-13-11-8-5-2/h43,45,54,59H,5-42,44,46-53H2,1-4H3;41,44H,4-40H2,1-3H3/b45-43+;. The van der Waals surface area contributed by atoms with Crippen LogP contribution >= 0.6 is 0 Å². The number of nitrogens with zero attached hydrogens (tertiary/aromatic N) is 3. The number of esters is 3. The van der Waals surface area contributed by atoms with Crippen LogP contribution in [0.25, 0.3) is 0 Å². The lowest BCUT2D eigenvalue weighted by atomic mass is 10.0. The number of aliphatic hydroxyl groups excluding tert-OH is 2. The van der Waals surface area contributed by atoms with Gasteiger partial charge in [-0.15, -0.1) is 0 Å². The fourth-order valence-electron chi connectivity index (χ4n) is 15.4. The molecule has 0 aliphatic carbocycles. The van der Waals surface area contributed by atoms with Gasteiger partial charge >= 0.3 is 17.9 Å². The minimum atomic E-state index is -0.509. The Labute approximate surface area is 681 Å². The molecule has 0 aromatic carbocycles. The van der Waals surface area contributed by atoms with Gasteiger partial charge in [0.05, 0.1) is 32.0 Å². The summed E-state index contributed by atoms with van der Waals surface area (Å²) >= 11 is 0. The zero-order chi connectivity index (χ0) is 79.6. The van der Waals surface area contributed by atoms with E-state index >= 15 is 0 Å². The van der Waals surface area contributed by atoms with Crippen LogP contribution in [0.1, 0.15) is 510 Å². The average molecular weight is 1540 g/mol. The van der Waals surface area contributed by atoms with E-state index in [1.54, 1.807) is 0 Å². The molecule has 650 valence electrons. The van der Waals surface area contributed by atoms with Crippen molar-refractivity contribution in [2.75, 3.05) is 79.2 Å². The van der Waals surface area contributed by atoms with Crippen molar-refractivity contribution in [1.29, 1.82) is 0 Å². The van der Waals surface area contributed by atoms with Crippen LogP contribution in [-0.2, 0) is 28.6 Å². The normalized spacial score (nSPS) is 12.3. The van der Waals surface area contributed by atoms with Crippen LogP contribution in [-0.4, -0.2) is 134 Å². The summed E-state index contributed by atoms with van der Waals surface area (Å²) in [6.07, 6.45) is 95.5. The van der Waals surface area contributed by atoms with Crippen LogP contribution in [0.5, 0.6) is 0 Å². The lowest BCUT2D eigenvalue weighted by Gasteiger charge is -2.26. The smallest absolute Gasteiger partial charge is 0.330 e. The number of carbonyl (C=O) groups is 3. The first kappa shape index (κ1) is 109. The maximum Gasteiger partial charge on any atom is 0.330 e. The van der Waals surface area contributed by atoms with Gasteiger partial charge in [-0.2, -0.15) is 0 Å². The van der Waals surface area contributed by atoms with Crippen LogP contribution < -0.4 is 0 Å². The van der Waals surface area contributed by atoms with Crippen LogP contribution in [0.4, 0.5) is 0 Å². The summed E-state index contributed by atoms with van der Waals surface area (Å²) in [5, 5.41) is 21.8. The molecule has 2 unspecified atom stereocenters. The third-order valence-electron chi connectivity index (χ3n) is 22.7. The first-order valence-electron chi connectivity index (χ1n) is 49.2. The quantitative estimate of drug-likeness (QED) is 0.0261. The van der Waals surface area contributed by atoms with Gasteiger partial charge in [0, 0.05) is 45.1 Å². The number of hydrogen-bond donors (Lipinski definition) is 2. The molecule has 0 aliphatic rings. The van der Waals surface area contributed by atoms with Crippen molar-refractivity contribution in [3.8, 4) is 0 Å². The molecule has 0 aromatic heterocycles. The van der Waals surface area contributed by atoms with Gasteiger partial charge in [-0.05, 0) is 91.0 Å². The Morgan fingerprint density at radius 2 is 0.514 bits per heavy atom. The average Bonchev–Trinajstić information content (AvgIpc) is 1.00. The van der Waals surface area contributed by atoms with E-state index in [4.69, 9.17) is 14.2 Å². The molecule has 0 rings (SSSR count). The van der Waals surface area contributed by atoms with Crippen molar-refractivity contribution in [1.82, 2.24) is 14.7 Å². The molecule has 0 heterocycles. The Morgan fingerprint density at radius 3 is 0.853 bits per heavy atom. The van der Waals surface area contributed by atoms with Gasteiger partial charge in [-0.25, -0.2) is 4.79 Å². The molecule has 0 aromatic rings. The van der Waals surface area contributed by atoms with Gasteiger partial charge in [0.15, 0.2) is 0 Å². The second-order valence-electron chi connectivity index (χ2n) is 34.1. The number of hydrogen-bond acceptors (Lipinski definition) is 11. The number of aliphatic hydroxyl groups is 2. The molecule has 0 saturated carbocycles. The molecule has 0 radical (unpaired) electrons. The summed E-state index contributed by atoms with van der Waals surface area (Å²) in [6, 6.07) is 0. The highest BCUT2D eigenvalue weighted by Gasteiger charge is 2.16. The molecule has 2 N–H and O–H groups in total. The van der Waals surface area contributed by atoms with E-state index in [0.29, 0.717) is 65.3 Å². The maximum absolute atomic E-state index is 12.6. The molecular formula is C98H195N3O8. The summed E-state index contributed by atoms with van der Waals surface area (Å²) in [5.74, 6) is -0.471. The molecule has 0 spiro atoms. The Kier molecular flexibility index (Phi) is 94.8. The maximum atomic E-state index is 12.6. The molecule has 0 amide bonds. The minimum absolute atomic E-state index is 0.0380. The SMILES string of the molecule is CCCCCCCCCCCCCCCOC(=O)/C=C/CN(CCCC(=O)OCCCCCCCCCCCCCCC)CC(O)CN(C)CCCCCCCCCCCCCC.CCCCCCCCCCCCCCCOC(=O)CCCCCC(O)CN(CCCCC)CCCCCCCCCCCCCC. The van der Waals surface area contributed by atoms with E-state index in [0.717, 1.165) is 90.4 Å². The van der Waals surface area contributed by atoms with E-state index in [2.05, 4.69) is 63.3 Å². The molecule has 0 aliphatic heterocycles. The van der Waals surface area contributed by atoms with Crippen LogP contribution in [0.15, 0.2) is 12.2 Å². The molecule has 2 atom stereocenters. The monoisotopic (exact) mass is 1540 g/mol. The van der Waals surface area contributed by atoms with Gasteiger partial charge in [0.2, 0.25) is 0 Å². The fourth-order valence-corrected chi connectivity index (χ4v) is 15.4. The topological polar surface area (TPSA) is 129 Å². The van der Waals surface area contributed by atoms with E-state index in [-0.39, 0.29) is 24.0 Å². The fraction of sp³-hybridized carbons (Fsp3) is 0.949. The largest absolute Gasteiger partial charge is 0.466 e. The second kappa shape index (κ2) is 94.8. The highest BCUT2D eigenvalue weighted by Crippen LogP contribution is 2.20. The highest BCUT2D eigenvalue weighted by atomic mass is 16.5. The predicted octanol–water partition coefficient (Wildman–Crippen LogP) is 29.0. The van der Waals surface area contributed by atoms with Crippen LogP contribution in [0.2, 0.25) is 0 Å². The van der Waals surface area contributed by atoms with Crippen molar-refractivity contribution in [3.05, 3.63) is 12.2 Å². The van der Waals surface area contributed by atoms with Crippen molar-refractivity contribution >= 4 is 17.9 Å². The summed E-state index contributed by atoms with van der Waals surface area (Å²) in [5.41, 5.74) is 0. The number of likely N-dealkylation sites (N-methyl/N-ethyl adjacent to an activating group) is 1. The molecule has 0 bridgehead atoms. The number of rotatable bonds is 91. The lowest BCUT2D eigenvalue weighted by Crippen LogP contribution is -2.40. The Morgan fingerprint density at radius 1 is 0.266 bits per heavy atom. The summed E-state index contributed by atoms with van der Waals surface area (Å²) in [4.78, 5) is 44.1. The zero-order valence-corrected chi connectivity index (χ0v) is 74.9. The number of unbranched alkanes of at least 4 members (excludes halogenated alkanes) is 62. The van der Waals surface area contributed by atoms with Gasteiger partial charge in [-0.3, -0.25) is 14.5 Å². The van der Waals surface area contributed by atoms with Gasteiger partial charge in [0.25, 0.3) is 0 Å².